The lowest BCUT2D eigenvalue weighted by Crippen LogP contribution is -2.44. The molecule has 1 aliphatic carbocycles. The molecule has 0 bridgehead atoms. The number of halogens is 1. The standard InChI is InChI=1S/C17H26N2OS.ClH/c1-11-5-6-15-14(8-11)9-16(21-15)17(20)19-7-3-4-13(10-19)12(2)18;/h9,11-13H,3-8,10,18H2,1-2H3;1H. The number of piperidine rings is 1. The quantitative estimate of drug-likeness (QED) is 0.894. The van der Waals surface area contributed by atoms with Gasteiger partial charge in [0, 0.05) is 24.0 Å². The van der Waals surface area contributed by atoms with Crippen LogP contribution in [-0.4, -0.2) is 29.9 Å². The SMILES string of the molecule is CC1CCc2sc(C(=O)N3CCCC(C(C)N)C3)cc2C1.Cl. The van der Waals surface area contributed by atoms with Crippen LogP contribution >= 0.6 is 23.7 Å². The van der Waals surface area contributed by atoms with E-state index in [1.165, 1.54) is 16.9 Å². The number of nitrogens with two attached hydrogens (primary N) is 1. The number of carbonyl (C=O) groups excluding carboxylic acids is 1. The van der Waals surface area contributed by atoms with Crippen LogP contribution in [0.15, 0.2) is 6.07 Å². The average molecular weight is 343 g/mol. The van der Waals surface area contributed by atoms with Crippen LogP contribution < -0.4 is 5.73 Å². The zero-order valence-electron chi connectivity index (χ0n) is 13.5. The Morgan fingerprint density at radius 1 is 1.45 bits per heavy atom. The van der Waals surface area contributed by atoms with Crippen molar-refractivity contribution in [2.24, 2.45) is 17.6 Å². The predicted octanol–water partition coefficient (Wildman–Crippen LogP) is 3.49. The molecule has 3 nitrogen and oxygen atoms in total. The van der Waals surface area contributed by atoms with Crippen molar-refractivity contribution in [1.29, 1.82) is 0 Å². The molecular formula is C17H27ClN2OS. The zero-order valence-corrected chi connectivity index (χ0v) is 15.1. The topological polar surface area (TPSA) is 46.3 Å². The summed E-state index contributed by atoms with van der Waals surface area (Å²) in [6.45, 7) is 6.08. The number of hydrogen-bond donors (Lipinski definition) is 1. The second-order valence-corrected chi connectivity index (χ2v) is 8.06. The first-order chi connectivity index (χ1) is 10.0. The van der Waals surface area contributed by atoms with Crippen molar-refractivity contribution >= 4 is 29.7 Å². The molecule has 1 aliphatic heterocycles. The molecule has 1 saturated heterocycles. The van der Waals surface area contributed by atoms with Gasteiger partial charge >= 0.3 is 0 Å². The molecule has 1 aromatic rings. The largest absolute Gasteiger partial charge is 0.338 e. The molecule has 2 N–H and O–H groups in total. The summed E-state index contributed by atoms with van der Waals surface area (Å²) >= 11 is 1.73. The molecule has 2 heterocycles. The molecule has 0 saturated carbocycles. The molecule has 3 atom stereocenters. The minimum atomic E-state index is 0. The summed E-state index contributed by atoms with van der Waals surface area (Å²) in [5.41, 5.74) is 7.45. The van der Waals surface area contributed by atoms with Crippen molar-refractivity contribution in [2.45, 2.75) is 52.0 Å². The molecule has 0 spiro atoms. The third kappa shape index (κ3) is 3.66. The van der Waals surface area contributed by atoms with Crippen molar-refractivity contribution in [3.8, 4) is 0 Å². The lowest BCUT2D eigenvalue weighted by Gasteiger charge is -2.34. The van der Waals surface area contributed by atoms with Crippen molar-refractivity contribution in [2.75, 3.05) is 13.1 Å². The van der Waals surface area contributed by atoms with Gasteiger partial charge in [-0.2, -0.15) is 0 Å². The Labute approximate surface area is 143 Å². The van der Waals surface area contributed by atoms with Crippen molar-refractivity contribution < 1.29 is 4.79 Å². The fourth-order valence-electron chi connectivity index (χ4n) is 3.59. The van der Waals surface area contributed by atoms with E-state index < -0.39 is 0 Å². The normalized spacial score (nSPS) is 26.0. The molecule has 0 aromatic carbocycles. The smallest absolute Gasteiger partial charge is 0.263 e. The minimum absolute atomic E-state index is 0. The van der Waals surface area contributed by atoms with Crippen LogP contribution in [0.5, 0.6) is 0 Å². The Balaban J connectivity index is 0.00000176. The van der Waals surface area contributed by atoms with Crippen LogP contribution in [0.2, 0.25) is 0 Å². The first kappa shape index (κ1) is 17.8. The zero-order chi connectivity index (χ0) is 15.0. The Hall–Kier alpha value is -0.580. The van der Waals surface area contributed by atoms with E-state index in [9.17, 15) is 4.79 Å². The Morgan fingerprint density at radius 3 is 2.95 bits per heavy atom. The third-order valence-corrected chi connectivity index (χ3v) is 6.25. The van der Waals surface area contributed by atoms with Crippen LogP contribution in [0.3, 0.4) is 0 Å². The fraction of sp³-hybridized carbons (Fsp3) is 0.706. The first-order valence-corrected chi connectivity index (χ1v) is 9.02. The van der Waals surface area contributed by atoms with Gasteiger partial charge in [-0.1, -0.05) is 6.92 Å². The molecular weight excluding hydrogens is 316 g/mol. The molecule has 2 aliphatic rings. The summed E-state index contributed by atoms with van der Waals surface area (Å²) < 4.78 is 0. The van der Waals surface area contributed by atoms with Crippen LogP contribution in [0.4, 0.5) is 0 Å². The summed E-state index contributed by atoms with van der Waals surface area (Å²) in [4.78, 5) is 17.2. The van der Waals surface area contributed by atoms with Gasteiger partial charge in [-0.25, -0.2) is 0 Å². The number of carbonyl (C=O) groups is 1. The van der Waals surface area contributed by atoms with E-state index in [1.807, 2.05) is 4.90 Å². The maximum atomic E-state index is 12.8. The van der Waals surface area contributed by atoms with E-state index in [0.29, 0.717) is 5.92 Å². The maximum Gasteiger partial charge on any atom is 0.263 e. The highest BCUT2D eigenvalue weighted by molar-refractivity contribution is 7.14. The first-order valence-electron chi connectivity index (χ1n) is 8.21. The summed E-state index contributed by atoms with van der Waals surface area (Å²) in [6.07, 6.45) is 5.79. The van der Waals surface area contributed by atoms with E-state index in [2.05, 4.69) is 19.9 Å². The molecule has 1 aromatic heterocycles. The van der Waals surface area contributed by atoms with Gasteiger partial charge in [-0.05, 0) is 62.5 Å². The number of rotatable bonds is 2. The highest BCUT2D eigenvalue weighted by atomic mass is 35.5. The average Bonchev–Trinajstić information content (AvgIpc) is 2.89. The summed E-state index contributed by atoms with van der Waals surface area (Å²) in [5, 5.41) is 0. The van der Waals surface area contributed by atoms with E-state index in [1.54, 1.807) is 11.3 Å². The van der Waals surface area contributed by atoms with E-state index >= 15 is 0 Å². The molecule has 1 amide bonds. The second-order valence-electron chi connectivity index (χ2n) is 6.92. The molecule has 3 rings (SSSR count). The van der Waals surface area contributed by atoms with Crippen molar-refractivity contribution in [3.05, 3.63) is 21.4 Å². The highest BCUT2D eigenvalue weighted by Crippen LogP contribution is 2.33. The molecule has 3 unspecified atom stereocenters. The molecule has 1 fully saturated rings. The molecule has 5 heteroatoms. The second kappa shape index (κ2) is 7.33. The Kier molecular flexibility index (Phi) is 5.92. The molecule has 124 valence electrons. The number of fused-ring (bicyclic) bond motifs is 1. The summed E-state index contributed by atoms with van der Waals surface area (Å²) in [6, 6.07) is 2.34. The number of likely N-dealkylation sites (tertiary alicyclic amines) is 1. The summed E-state index contributed by atoms with van der Waals surface area (Å²) in [5.74, 6) is 1.44. The number of nitrogens with zero attached hydrogens (tertiary/aromatic N) is 1. The summed E-state index contributed by atoms with van der Waals surface area (Å²) in [7, 11) is 0. The minimum Gasteiger partial charge on any atom is -0.338 e. The maximum absolute atomic E-state index is 12.8. The number of amides is 1. The molecule has 0 radical (unpaired) electrons. The van der Waals surface area contributed by atoms with Crippen LogP contribution in [0, 0.1) is 11.8 Å². The van der Waals surface area contributed by atoms with Gasteiger partial charge in [0.2, 0.25) is 0 Å². The van der Waals surface area contributed by atoms with Gasteiger partial charge in [-0.3, -0.25) is 4.79 Å². The number of thiophene rings is 1. The van der Waals surface area contributed by atoms with Crippen LogP contribution in [0.25, 0.3) is 0 Å². The van der Waals surface area contributed by atoms with Gasteiger partial charge in [0.25, 0.3) is 5.91 Å². The lowest BCUT2D eigenvalue weighted by atomic mass is 9.90. The Morgan fingerprint density at radius 2 is 2.23 bits per heavy atom. The lowest BCUT2D eigenvalue weighted by molar-refractivity contribution is 0.0666. The van der Waals surface area contributed by atoms with Gasteiger partial charge in [-0.15, -0.1) is 23.7 Å². The van der Waals surface area contributed by atoms with Crippen LogP contribution in [0.1, 0.15) is 53.2 Å². The van der Waals surface area contributed by atoms with Gasteiger partial charge in [0.1, 0.15) is 0 Å². The highest BCUT2D eigenvalue weighted by Gasteiger charge is 2.28. The van der Waals surface area contributed by atoms with E-state index in [-0.39, 0.29) is 24.4 Å². The Bertz CT molecular complexity index is 529. The van der Waals surface area contributed by atoms with Gasteiger partial charge < -0.3 is 10.6 Å². The van der Waals surface area contributed by atoms with Gasteiger partial charge in [0.05, 0.1) is 4.88 Å². The third-order valence-electron chi connectivity index (χ3n) is 5.03. The van der Waals surface area contributed by atoms with Gasteiger partial charge in [0.15, 0.2) is 0 Å². The number of aryl methyl sites for hydroxylation is 1. The predicted molar refractivity (Wildman–Crippen MR) is 95.0 cm³/mol. The monoisotopic (exact) mass is 342 g/mol. The van der Waals surface area contributed by atoms with Crippen molar-refractivity contribution in [1.82, 2.24) is 4.90 Å². The fourth-order valence-corrected chi connectivity index (χ4v) is 4.77. The number of hydrogen-bond acceptors (Lipinski definition) is 3. The van der Waals surface area contributed by atoms with E-state index in [0.717, 1.165) is 49.6 Å². The van der Waals surface area contributed by atoms with Crippen LogP contribution in [-0.2, 0) is 12.8 Å². The van der Waals surface area contributed by atoms with Crippen molar-refractivity contribution in [3.63, 3.8) is 0 Å². The van der Waals surface area contributed by atoms with E-state index in [4.69, 9.17) is 5.73 Å². The molecule has 22 heavy (non-hydrogen) atoms.